The third kappa shape index (κ3) is 10.1. The first-order valence-electron chi connectivity index (χ1n) is 11.5. The lowest BCUT2D eigenvalue weighted by atomic mass is 10.0. The summed E-state index contributed by atoms with van der Waals surface area (Å²) >= 11 is 1.54. The lowest BCUT2D eigenvalue weighted by Gasteiger charge is -2.34. The first kappa shape index (κ1) is 29.4. The van der Waals surface area contributed by atoms with Gasteiger partial charge in [0.2, 0.25) is 11.8 Å². The Kier molecular flexibility index (Phi) is 12.6. The van der Waals surface area contributed by atoms with E-state index < -0.39 is 29.7 Å². The van der Waals surface area contributed by atoms with E-state index in [0.29, 0.717) is 24.3 Å². The molecule has 2 atom stereocenters. The van der Waals surface area contributed by atoms with Crippen molar-refractivity contribution in [1.29, 1.82) is 0 Å². The molecule has 8 nitrogen and oxygen atoms in total. The van der Waals surface area contributed by atoms with Gasteiger partial charge < -0.3 is 25.4 Å². The molecule has 0 aromatic heterocycles. The average Bonchev–Trinajstić information content (AvgIpc) is 2.75. The van der Waals surface area contributed by atoms with Gasteiger partial charge in [0, 0.05) is 13.1 Å². The Hall–Kier alpha value is -2.68. The highest BCUT2D eigenvalue weighted by Gasteiger charge is 2.35. The van der Waals surface area contributed by atoms with E-state index in [2.05, 4.69) is 17.2 Å². The van der Waals surface area contributed by atoms with Crippen molar-refractivity contribution in [2.75, 3.05) is 25.1 Å². The predicted molar refractivity (Wildman–Crippen MR) is 137 cm³/mol. The number of rotatable bonds is 13. The Morgan fingerprint density at radius 3 is 2.56 bits per heavy atom. The van der Waals surface area contributed by atoms with Crippen LogP contribution in [0, 0.1) is 0 Å². The Balaban J connectivity index is 3.34. The number of alkyl carbamates (subject to hydrolysis) is 1. The number of nitrogens with one attached hydrogen (secondary N) is 2. The van der Waals surface area contributed by atoms with Crippen molar-refractivity contribution in [3.05, 3.63) is 42.5 Å². The van der Waals surface area contributed by atoms with E-state index >= 15 is 0 Å². The van der Waals surface area contributed by atoms with Crippen molar-refractivity contribution in [3.8, 4) is 5.75 Å². The van der Waals surface area contributed by atoms with Crippen molar-refractivity contribution < 1.29 is 24.2 Å². The number of aromatic hydroxyl groups is 1. The molecule has 9 heteroatoms. The van der Waals surface area contributed by atoms with Crippen molar-refractivity contribution in [1.82, 2.24) is 15.5 Å². The number of benzene rings is 1. The maximum atomic E-state index is 13.7. The summed E-state index contributed by atoms with van der Waals surface area (Å²) in [5, 5.41) is 15.6. The predicted octanol–water partition coefficient (Wildman–Crippen LogP) is 4.01. The fourth-order valence-electron chi connectivity index (χ4n) is 3.26. The average molecular weight is 494 g/mol. The fraction of sp³-hybridized carbons (Fsp3) is 0.560. The van der Waals surface area contributed by atoms with Gasteiger partial charge in [-0.15, -0.1) is 6.58 Å². The Labute approximate surface area is 207 Å². The van der Waals surface area contributed by atoms with E-state index in [9.17, 15) is 19.5 Å². The molecule has 190 valence electrons. The fourth-order valence-corrected chi connectivity index (χ4v) is 3.73. The van der Waals surface area contributed by atoms with E-state index in [1.807, 2.05) is 13.2 Å². The maximum Gasteiger partial charge on any atom is 0.408 e. The summed E-state index contributed by atoms with van der Waals surface area (Å²) in [6, 6.07) is 4.37. The van der Waals surface area contributed by atoms with Gasteiger partial charge in [-0.3, -0.25) is 9.59 Å². The summed E-state index contributed by atoms with van der Waals surface area (Å²) in [7, 11) is 0. The molecular weight excluding hydrogens is 454 g/mol. The molecule has 0 aliphatic rings. The van der Waals surface area contributed by atoms with Gasteiger partial charge >= 0.3 is 6.09 Å². The molecule has 0 heterocycles. The van der Waals surface area contributed by atoms with E-state index in [1.54, 1.807) is 44.7 Å². The number of carbonyl (C=O) groups excluding carboxylic acids is 3. The Morgan fingerprint density at radius 2 is 2.00 bits per heavy atom. The number of hydrogen-bond donors (Lipinski definition) is 3. The lowest BCUT2D eigenvalue weighted by Crippen LogP contribution is -2.53. The number of carbonyl (C=O) groups is 3. The first-order chi connectivity index (χ1) is 16.0. The molecule has 1 rings (SSSR count). The minimum absolute atomic E-state index is 0.0133. The molecule has 3 amide bonds. The number of unbranched alkanes of at least 4 members (excludes halogenated alkanes) is 1. The third-order valence-electron chi connectivity index (χ3n) is 4.78. The van der Waals surface area contributed by atoms with Gasteiger partial charge in [0.25, 0.3) is 0 Å². The van der Waals surface area contributed by atoms with Crippen LogP contribution in [0.1, 0.15) is 58.6 Å². The Bertz CT molecular complexity index is 825. The molecule has 1 aromatic rings. The molecule has 34 heavy (non-hydrogen) atoms. The summed E-state index contributed by atoms with van der Waals surface area (Å²) < 4.78 is 5.35. The Morgan fingerprint density at radius 1 is 1.29 bits per heavy atom. The van der Waals surface area contributed by atoms with Gasteiger partial charge in [-0.2, -0.15) is 11.8 Å². The van der Waals surface area contributed by atoms with Crippen LogP contribution in [0.3, 0.4) is 0 Å². The number of amides is 3. The minimum Gasteiger partial charge on any atom is -0.508 e. The number of nitrogens with zero attached hydrogens (tertiary/aromatic N) is 1. The van der Waals surface area contributed by atoms with Gasteiger partial charge in [-0.25, -0.2) is 4.79 Å². The summed E-state index contributed by atoms with van der Waals surface area (Å²) in [4.78, 5) is 40.8. The number of hydrogen-bond acceptors (Lipinski definition) is 6. The summed E-state index contributed by atoms with van der Waals surface area (Å²) in [6.07, 6.45) is 4.80. The zero-order chi connectivity index (χ0) is 25.7. The largest absolute Gasteiger partial charge is 0.508 e. The molecule has 0 saturated carbocycles. The van der Waals surface area contributed by atoms with Crippen LogP contribution in [0.2, 0.25) is 0 Å². The molecule has 0 radical (unpaired) electrons. The summed E-state index contributed by atoms with van der Waals surface area (Å²) in [5.74, 6) is -0.192. The van der Waals surface area contributed by atoms with Crippen LogP contribution in [-0.4, -0.2) is 64.7 Å². The van der Waals surface area contributed by atoms with Crippen molar-refractivity contribution in [2.45, 2.75) is 64.6 Å². The normalized spacial score (nSPS) is 12.9. The molecule has 0 spiro atoms. The monoisotopic (exact) mass is 493 g/mol. The number of phenols is 1. The SMILES string of the molecule is C=CCN(C(=O)C(CCSC)NC(=O)OC(C)(C)C)C(C(=O)NCCCC)c1cccc(O)c1. The van der Waals surface area contributed by atoms with Crippen LogP contribution in [0.15, 0.2) is 36.9 Å². The molecule has 3 N–H and O–H groups in total. The second-order valence-electron chi connectivity index (χ2n) is 8.90. The quantitative estimate of drug-likeness (QED) is 0.283. The zero-order valence-corrected chi connectivity index (χ0v) is 21.7. The van der Waals surface area contributed by atoms with Gasteiger partial charge in [0.05, 0.1) is 0 Å². The summed E-state index contributed by atoms with van der Waals surface area (Å²) in [5.41, 5.74) is -0.258. The van der Waals surface area contributed by atoms with E-state index in [1.165, 1.54) is 23.1 Å². The van der Waals surface area contributed by atoms with Gasteiger partial charge in [-0.05, 0) is 63.3 Å². The van der Waals surface area contributed by atoms with Crippen LogP contribution in [0.25, 0.3) is 0 Å². The van der Waals surface area contributed by atoms with Gasteiger partial charge in [0.1, 0.15) is 23.4 Å². The molecule has 0 bridgehead atoms. The first-order valence-corrected chi connectivity index (χ1v) is 12.9. The molecular formula is C25H39N3O5S. The van der Waals surface area contributed by atoms with Crippen molar-refractivity contribution >= 4 is 29.7 Å². The second kappa shape index (κ2) is 14.6. The van der Waals surface area contributed by atoms with Crippen LogP contribution in [0.4, 0.5) is 4.79 Å². The van der Waals surface area contributed by atoms with Crippen LogP contribution in [0.5, 0.6) is 5.75 Å². The number of ether oxygens (including phenoxy) is 1. The smallest absolute Gasteiger partial charge is 0.408 e. The highest BCUT2D eigenvalue weighted by Crippen LogP contribution is 2.26. The lowest BCUT2D eigenvalue weighted by molar-refractivity contribution is -0.141. The van der Waals surface area contributed by atoms with Crippen LogP contribution >= 0.6 is 11.8 Å². The van der Waals surface area contributed by atoms with Gasteiger partial charge in [0.15, 0.2) is 0 Å². The van der Waals surface area contributed by atoms with Gasteiger partial charge in [-0.1, -0.05) is 31.6 Å². The molecule has 0 saturated heterocycles. The highest BCUT2D eigenvalue weighted by molar-refractivity contribution is 7.98. The van der Waals surface area contributed by atoms with Crippen molar-refractivity contribution in [3.63, 3.8) is 0 Å². The maximum absolute atomic E-state index is 13.7. The molecule has 0 fully saturated rings. The summed E-state index contributed by atoms with van der Waals surface area (Å²) in [6.45, 7) is 11.5. The second-order valence-corrected chi connectivity index (χ2v) is 9.89. The number of phenolic OH excluding ortho intramolecular Hbond substituents is 1. The number of thioether (sulfide) groups is 1. The molecule has 0 aliphatic carbocycles. The third-order valence-corrected chi connectivity index (χ3v) is 5.43. The highest BCUT2D eigenvalue weighted by atomic mass is 32.2. The molecule has 0 aliphatic heterocycles. The van der Waals surface area contributed by atoms with Crippen LogP contribution in [-0.2, 0) is 14.3 Å². The molecule has 2 unspecified atom stereocenters. The topological polar surface area (TPSA) is 108 Å². The molecule has 1 aromatic carbocycles. The van der Waals surface area contributed by atoms with Crippen molar-refractivity contribution in [2.24, 2.45) is 0 Å². The zero-order valence-electron chi connectivity index (χ0n) is 20.9. The minimum atomic E-state index is -1.01. The standard InChI is InChI=1S/C25H39N3O5S/c1-7-9-14-26-22(30)21(18-11-10-12-19(29)17-18)28(15-8-2)23(31)20(13-16-34-6)27-24(32)33-25(3,4)5/h8,10-12,17,20-21,29H,2,7,9,13-16H2,1,3-6H3,(H,26,30)(H,27,32). The van der Waals surface area contributed by atoms with E-state index in [0.717, 1.165) is 12.8 Å². The van der Waals surface area contributed by atoms with E-state index in [-0.39, 0.29) is 18.2 Å². The van der Waals surface area contributed by atoms with E-state index in [4.69, 9.17) is 4.74 Å². The van der Waals surface area contributed by atoms with Crippen LogP contribution < -0.4 is 10.6 Å².